The van der Waals surface area contributed by atoms with Crippen LogP contribution >= 0.6 is 7.82 Å². The van der Waals surface area contributed by atoms with E-state index in [0.29, 0.717) is 6.54 Å². The molecule has 0 rings (SSSR count). The fraction of sp³-hybridized carbons (Fsp3) is 1.00. The second kappa shape index (κ2) is 17.0. The molecule has 0 heterocycles. The normalized spacial score (nSPS) is 14.4. The van der Waals surface area contributed by atoms with E-state index in [9.17, 15) is 9.46 Å². The summed E-state index contributed by atoms with van der Waals surface area (Å²) in [6.45, 7) is 6.58. The van der Waals surface area contributed by atoms with E-state index in [2.05, 4.69) is 27.9 Å². The Hall–Kier alpha value is 0.0700. The van der Waals surface area contributed by atoms with Gasteiger partial charge in [-0.2, -0.15) is 0 Å². The third-order valence-electron chi connectivity index (χ3n) is 5.06. The zero-order valence-corrected chi connectivity index (χ0v) is 19.4. The van der Waals surface area contributed by atoms with Crippen molar-refractivity contribution in [2.24, 2.45) is 0 Å². The Balaban J connectivity index is 3.59. The van der Waals surface area contributed by atoms with Crippen molar-refractivity contribution in [3.05, 3.63) is 0 Å². The number of unbranched alkanes of at least 4 members (excludes halogenated alkanes) is 11. The van der Waals surface area contributed by atoms with Gasteiger partial charge in [0.2, 0.25) is 0 Å². The quantitative estimate of drug-likeness (QED) is 0.148. The van der Waals surface area contributed by atoms with Gasteiger partial charge in [-0.15, -0.1) is 0 Å². The second-order valence-corrected chi connectivity index (χ2v) is 9.80. The molecule has 0 aliphatic carbocycles. The summed E-state index contributed by atoms with van der Waals surface area (Å²) in [5, 5.41) is 0. The fourth-order valence-corrected chi connectivity index (χ4v) is 3.84. The number of rotatable bonds is 20. The van der Waals surface area contributed by atoms with Crippen molar-refractivity contribution in [2.75, 3.05) is 40.4 Å². The summed E-state index contributed by atoms with van der Waals surface area (Å²) in [5.74, 6) is 0. The predicted molar refractivity (Wildman–Crippen MR) is 113 cm³/mol. The molecule has 0 aliphatic heterocycles. The zero-order valence-electron chi connectivity index (χ0n) is 18.5. The summed E-state index contributed by atoms with van der Waals surface area (Å²) < 4.78 is 22.6. The standard InChI is InChI=1S/C21H46NO4P/c1-5-7-9-10-11-12-13-14-15-17-20-25-27(23,24)26-21-19-22(3,4)18-16-8-6-2/h5-21H2,1-4H3. The number of quaternary nitrogens is 1. The van der Waals surface area contributed by atoms with E-state index in [1.165, 1.54) is 57.8 Å². The number of hydrogen-bond acceptors (Lipinski definition) is 4. The van der Waals surface area contributed by atoms with Gasteiger partial charge in [0.25, 0.3) is 7.82 Å². The minimum atomic E-state index is -4.15. The van der Waals surface area contributed by atoms with Crippen molar-refractivity contribution in [1.82, 2.24) is 0 Å². The summed E-state index contributed by atoms with van der Waals surface area (Å²) in [6.07, 6.45) is 15.7. The maximum Gasteiger partial charge on any atom is 0.268 e. The molecule has 27 heavy (non-hydrogen) atoms. The van der Waals surface area contributed by atoms with Crippen LogP contribution in [0.25, 0.3) is 0 Å². The molecule has 1 atom stereocenters. The molecule has 0 amide bonds. The van der Waals surface area contributed by atoms with Crippen molar-refractivity contribution < 1.29 is 23.0 Å². The number of likely N-dealkylation sites (N-methyl/N-ethyl adjacent to an activating group) is 1. The van der Waals surface area contributed by atoms with Crippen molar-refractivity contribution in [3.8, 4) is 0 Å². The minimum Gasteiger partial charge on any atom is -0.756 e. The van der Waals surface area contributed by atoms with Crippen LogP contribution in [0, 0.1) is 0 Å². The summed E-state index contributed by atoms with van der Waals surface area (Å²) >= 11 is 0. The van der Waals surface area contributed by atoms with Crippen LogP contribution in [0.5, 0.6) is 0 Å². The molecule has 0 saturated carbocycles. The molecule has 1 unspecified atom stereocenters. The van der Waals surface area contributed by atoms with Gasteiger partial charge in [-0.1, -0.05) is 78.1 Å². The molecule has 5 nitrogen and oxygen atoms in total. The number of nitrogens with zero attached hydrogens (tertiary/aromatic N) is 1. The maximum atomic E-state index is 11.8. The van der Waals surface area contributed by atoms with Crippen LogP contribution in [-0.2, 0) is 13.6 Å². The summed E-state index contributed by atoms with van der Waals surface area (Å²) in [7, 11) is 0.0737. The fourth-order valence-electron chi connectivity index (χ4n) is 3.10. The van der Waals surface area contributed by atoms with Gasteiger partial charge < -0.3 is 18.4 Å². The highest BCUT2D eigenvalue weighted by atomic mass is 31.2. The van der Waals surface area contributed by atoms with Crippen molar-refractivity contribution in [2.45, 2.75) is 97.3 Å². The van der Waals surface area contributed by atoms with Crippen molar-refractivity contribution in [1.29, 1.82) is 0 Å². The monoisotopic (exact) mass is 407 g/mol. The van der Waals surface area contributed by atoms with E-state index in [-0.39, 0.29) is 13.2 Å². The molecule has 0 aromatic heterocycles. The van der Waals surface area contributed by atoms with E-state index in [1.807, 2.05) is 0 Å². The molecule has 6 heteroatoms. The molecular formula is C21H46NO4P. The minimum absolute atomic E-state index is 0.192. The van der Waals surface area contributed by atoms with Gasteiger partial charge in [-0.3, -0.25) is 4.57 Å². The van der Waals surface area contributed by atoms with Gasteiger partial charge in [-0.25, -0.2) is 0 Å². The average Bonchev–Trinajstić information content (AvgIpc) is 2.59. The lowest BCUT2D eigenvalue weighted by Crippen LogP contribution is -2.43. The third-order valence-corrected chi connectivity index (χ3v) is 6.06. The molecule has 0 aromatic carbocycles. The van der Waals surface area contributed by atoms with Gasteiger partial charge in [0, 0.05) is 0 Å². The number of phosphoric ester groups is 1. The van der Waals surface area contributed by atoms with E-state index < -0.39 is 7.82 Å². The zero-order chi connectivity index (χ0) is 20.4. The van der Waals surface area contributed by atoms with Crippen LogP contribution < -0.4 is 4.89 Å². The van der Waals surface area contributed by atoms with Crippen LogP contribution in [0.4, 0.5) is 0 Å². The maximum absolute atomic E-state index is 11.8. The molecule has 0 radical (unpaired) electrons. The highest BCUT2D eigenvalue weighted by molar-refractivity contribution is 7.45. The summed E-state index contributed by atoms with van der Waals surface area (Å²) in [4.78, 5) is 11.8. The van der Waals surface area contributed by atoms with Gasteiger partial charge in [0.1, 0.15) is 13.2 Å². The van der Waals surface area contributed by atoms with E-state index in [0.717, 1.165) is 36.7 Å². The Labute approximate surface area is 169 Å². The first-order chi connectivity index (χ1) is 12.8. The summed E-state index contributed by atoms with van der Waals surface area (Å²) in [6, 6.07) is 0. The highest BCUT2D eigenvalue weighted by Crippen LogP contribution is 2.38. The Kier molecular flexibility index (Phi) is 17.0. The van der Waals surface area contributed by atoms with E-state index in [1.54, 1.807) is 0 Å². The third kappa shape index (κ3) is 19.2. The molecule has 0 spiro atoms. The molecule has 0 aliphatic rings. The predicted octanol–water partition coefficient (Wildman–Crippen LogP) is 5.68. The second-order valence-electron chi connectivity index (χ2n) is 8.39. The van der Waals surface area contributed by atoms with Crippen molar-refractivity contribution >= 4 is 7.82 Å². The van der Waals surface area contributed by atoms with Crippen LogP contribution in [0.3, 0.4) is 0 Å². The SMILES string of the molecule is CCCCCCCCCCCCOP(=O)([O-])OCC[N+](C)(C)CCCCC. The Bertz CT molecular complexity index is 377. The lowest BCUT2D eigenvalue weighted by atomic mass is 10.1. The Morgan fingerprint density at radius 2 is 1.11 bits per heavy atom. The van der Waals surface area contributed by atoms with Crippen LogP contribution in [-0.4, -0.2) is 44.9 Å². The Morgan fingerprint density at radius 3 is 1.67 bits per heavy atom. The van der Waals surface area contributed by atoms with Gasteiger partial charge >= 0.3 is 0 Å². The van der Waals surface area contributed by atoms with E-state index in [4.69, 9.17) is 9.05 Å². The first-order valence-corrected chi connectivity index (χ1v) is 12.7. The molecule has 0 bridgehead atoms. The van der Waals surface area contributed by atoms with Gasteiger partial charge in [0.05, 0.1) is 27.2 Å². The van der Waals surface area contributed by atoms with Crippen molar-refractivity contribution in [3.63, 3.8) is 0 Å². The topological polar surface area (TPSA) is 58.6 Å². The van der Waals surface area contributed by atoms with E-state index >= 15 is 0 Å². The first kappa shape index (κ1) is 27.1. The summed E-state index contributed by atoms with van der Waals surface area (Å²) in [5.41, 5.74) is 0. The van der Waals surface area contributed by atoms with Crippen LogP contribution in [0.15, 0.2) is 0 Å². The number of phosphoric acid groups is 1. The highest BCUT2D eigenvalue weighted by Gasteiger charge is 2.17. The lowest BCUT2D eigenvalue weighted by molar-refractivity contribution is -0.890. The molecule has 0 aromatic rings. The molecule has 0 fully saturated rings. The lowest BCUT2D eigenvalue weighted by Gasteiger charge is -2.31. The molecular weight excluding hydrogens is 361 g/mol. The smallest absolute Gasteiger partial charge is 0.268 e. The molecule has 0 saturated heterocycles. The van der Waals surface area contributed by atoms with Gasteiger partial charge in [-0.05, 0) is 19.3 Å². The number of hydrogen-bond donors (Lipinski definition) is 0. The van der Waals surface area contributed by atoms with Gasteiger partial charge in [0.15, 0.2) is 0 Å². The van der Waals surface area contributed by atoms with Crippen LogP contribution in [0.2, 0.25) is 0 Å². The molecule has 0 N–H and O–H groups in total. The Morgan fingerprint density at radius 1 is 0.667 bits per heavy atom. The average molecular weight is 408 g/mol. The van der Waals surface area contributed by atoms with Crippen LogP contribution in [0.1, 0.15) is 97.3 Å². The first-order valence-electron chi connectivity index (χ1n) is 11.2. The largest absolute Gasteiger partial charge is 0.756 e. The molecule has 164 valence electrons.